The summed E-state index contributed by atoms with van der Waals surface area (Å²) in [6, 6.07) is 14.0. The van der Waals surface area contributed by atoms with E-state index in [-0.39, 0.29) is 17.9 Å². The van der Waals surface area contributed by atoms with Crippen LogP contribution in [0.2, 0.25) is 0 Å². The van der Waals surface area contributed by atoms with Crippen LogP contribution in [0.25, 0.3) is 0 Å². The maximum absolute atomic E-state index is 12.4. The number of rotatable bonds is 5. The fourth-order valence-corrected chi connectivity index (χ4v) is 3.96. The topological polar surface area (TPSA) is 34.5 Å². The second kappa shape index (κ2) is 7.03. The number of aromatic nitrogens is 1. The monoisotopic (exact) mass is 316 g/mol. The molecule has 116 valence electrons. The SMILES string of the molecule is Cn1cccc1C1SCCN1C(=O)COCc1ccccc1. The fourth-order valence-electron chi connectivity index (χ4n) is 2.61. The summed E-state index contributed by atoms with van der Waals surface area (Å²) in [4.78, 5) is 14.4. The van der Waals surface area contributed by atoms with Crippen molar-refractivity contribution in [2.24, 2.45) is 7.05 Å². The number of thioether (sulfide) groups is 1. The van der Waals surface area contributed by atoms with Crippen molar-refractivity contribution in [3.05, 3.63) is 59.9 Å². The first-order valence-electron chi connectivity index (χ1n) is 7.39. The van der Waals surface area contributed by atoms with Gasteiger partial charge in [0.15, 0.2) is 0 Å². The van der Waals surface area contributed by atoms with Crippen LogP contribution in [-0.2, 0) is 23.2 Å². The van der Waals surface area contributed by atoms with Crippen molar-refractivity contribution in [3.63, 3.8) is 0 Å². The average molecular weight is 316 g/mol. The van der Waals surface area contributed by atoms with Gasteiger partial charge in [0.05, 0.1) is 12.3 Å². The molecular weight excluding hydrogens is 296 g/mol. The van der Waals surface area contributed by atoms with Gasteiger partial charge < -0.3 is 14.2 Å². The van der Waals surface area contributed by atoms with E-state index in [0.717, 1.165) is 17.9 Å². The number of carbonyl (C=O) groups is 1. The molecule has 1 aliphatic rings. The van der Waals surface area contributed by atoms with Crippen LogP contribution in [0.3, 0.4) is 0 Å². The Balaban J connectivity index is 1.56. The maximum atomic E-state index is 12.4. The largest absolute Gasteiger partial charge is 0.367 e. The van der Waals surface area contributed by atoms with Gasteiger partial charge in [0.25, 0.3) is 0 Å². The van der Waals surface area contributed by atoms with Crippen LogP contribution in [0.1, 0.15) is 16.6 Å². The van der Waals surface area contributed by atoms with Crippen LogP contribution < -0.4 is 0 Å². The summed E-state index contributed by atoms with van der Waals surface area (Å²) in [7, 11) is 2.02. The summed E-state index contributed by atoms with van der Waals surface area (Å²) in [5.74, 6) is 1.03. The highest BCUT2D eigenvalue weighted by Crippen LogP contribution is 2.37. The van der Waals surface area contributed by atoms with E-state index in [4.69, 9.17) is 4.74 Å². The van der Waals surface area contributed by atoms with Crippen molar-refractivity contribution in [2.75, 3.05) is 18.9 Å². The molecule has 1 aromatic carbocycles. The maximum Gasteiger partial charge on any atom is 0.249 e. The molecule has 0 spiro atoms. The molecule has 0 N–H and O–H groups in total. The Morgan fingerprint density at radius 2 is 2.09 bits per heavy atom. The summed E-state index contributed by atoms with van der Waals surface area (Å²) in [6.45, 7) is 1.40. The van der Waals surface area contributed by atoms with E-state index in [1.807, 2.05) is 66.3 Å². The summed E-state index contributed by atoms with van der Waals surface area (Å²) in [5, 5.41) is 0.104. The van der Waals surface area contributed by atoms with E-state index < -0.39 is 0 Å². The first-order valence-corrected chi connectivity index (χ1v) is 8.44. The smallest absolute Gasteiger partial charge is 0.249 e. The minimum Gasteiger partial charge on any atom is -0.367 e. The molecule has 0 bridgehead atoms. The minimum atomic E-state index is 0.0622. The van der Waals surface area contributed by atoms with E-state index >= 15 is 0 Å². The van der Waals surface area contributed by atoms with Gasteiger partial charge in [-0.25, -0.2) is 0 Å². The lowest BCUT2D eigenvalue weighted by Gasteiger charge is -2.24. The molecule has 1 saturated heterocycles. The van der Waals surface area contributed by atoms with Crippen LogP contribution >= 0.6 is 11.8 Å². The Hall–Kier alpha value is -1.72. The predicted molar refractivity (Wildman–Crippen MR) is 88.4 cm³/mol. The van der Waals surface area contributed by atoms with Crippen molar-refractivity contribution in [1.82, 2.24) is 9.47 Å². The Morgan fingerprint density at radius 3 is 2.82 bits per heavy atom. The number of aryl methyl sites for hydroxylation is 1. The third-order valence-electron chi connectivity index (χ3n) is 3.79. The van der Waals surface area contributed by atoms with Crippen molar-refractivity contribution in [1.29, 1.82) is 0 Å². The van der Waals surface area contributed by atoms with Gasteiger partial charge in [-0.3, -0.25) is 4.79 Å². The molecule has 0 radical (unpaired) electrons. The van der Waals surface area contributed by atoms with Gasteiger partial charge in [-0.15, -0.1) is 11.8 Å². The summed E-state index contributed by atoms with van der Waals surface area (Å²) in [6.07, 6.45) is 2.02. The van der Waals surface area contributed by atoms with Crippen LogP contribution in [0.4, 0.5) is 0 Å². The van der Waals surface area contributed by atoms with Gasteiger partial charge >= 0.3 is 0 Å². The number of hydrogen-bond acceptors (Lipinski definition) is 3. The molecule has 1 aromatic heterocycles. The lowest BCUT2D eigenvalue weighted by Crippen LogP contribution is -2.34. The number of hydrogen-bond donors (Lipinski definition) is 0. The second-order valence-corrected chi connectivity index (χ2v) is 6.52. The second-order valence-electron chi connectivity index (χ2n) is 5.33. The number of nitrogens with zero attached hydrogens (tertiary/aromatic N) is 2. The standard InChI is InChI=1S/C17H20N2O2S/c1-18-9-5-8-15(18)17-19(10-11-22-17)16(20)13-21-12-14-6-3-2-4-7-14/h2-9,17H,10-13H2,1H3. The number of benzene rings is 1. The van der Waals surface area contributed by atoms with E-state index in [1.54, 1.807) is 0 Å². The highest BCUT2D eigenvalue weighted by Gasteiger charge is 2.31. The third kappa shape index (κ3) is 3.36. The average Bonchev–Trinajstić information content (AvgIpc) is 3.16. The van der Waals surface area contributed by atoms with Crippen molar-refractivity contribution >= 4 is 17.7 Å². The first kappa shape index (κ1) is 15.2. The molecule has 1 unspecified atom stereocenters. The van der Waals surface area contributed by atoms with E-state index in [9.17, 15) is 4.79 Å². The zero-order chi connectivity index (χ0) is 15.4. The van der Waals surface area contributed by atoms with E-state index in [2.05, 4.69) is 10.6 Å². The third-order valence-corrected chi connectivity index (χ3v) is 5.02. The molecule has 1 atom stereocenters. The van der Waals surface area contributed by atoms with Crippen LogP contribution in [0, 0.1) is 0 Å². The molecule has 2 aromatic rings. The molecule has 1 aliphatic heterocycles. The minimum absolute atomic E-state index is 0.0622. The Labute approximate surface area is 135 Å². The Kier molecular flexibility index (Phi) is 4.85. The highest BCUT2D eigenvalue weighted by molar-refractivity contribution is 7.99. The molecule has 4 nitrogen and oxygen atoms in total. The highest BCUT2D eigenvalue weighted by atomic mass is 32.2. The zero-order valence-corrected chi connectivity index (χ0v) is 13.5. The predicted octanol–water partition coefficient (Wildman–Crippen LogP) is 2.82. The quantitative estimate of drug-likeness (QED) is 0.851. The van der Waals surface area contributed by atoms with Gasteiger partial charge in [-0.1, -0.05) is 30.3 Å². The summed E-state index contributed by atoms with van der Waals surface area (Å²) < 4.78 is 7.66. The number of amides is 1. The molecule has 2 heterocycles. The van der Waals surface area contributed by atoms with Gasteiger partial charge in [0.1, 0.15) is 12.0 Å². The van der Waals surface area contributed by atoms with Crippen LogP contribution in [-0.4, -0.2) is 34.3 Å². The van der Waals surface area contributed by atoms with Crippen LogP contribution in [0.5, 0.6) is 0 Å². The Morgan fingerprint density at radius 1 is 1.27 bits per heavy atom. The molecule has 3 rings (SSSR count). The molecular formula is C17H20N2O2S. The normalized spacial score (nSPS) is 17.9. The van der Waals surface area contributed by atoms with Crippen molar-refractivity contribution < 1.29 is 9.53 Å². The van der Waals surface area contributed by atoms with Gasteiger partial charge in [-0.05, 0) is 17.7 Å². The molecule has 1 fully saturated rings. The lowest BCUT2D eigenvalue weighted by molar-refractivity contribution is -0.136. The lowest BCUT2D eigenvalue weighted by atomic mass is 10.2. The number of ether oxygens (including phenoxy) is 1. The molecule has 1 amide bonds. The van der Waals surface area contributed by atoms with E-state index in [0.29, 0.717) is 6.61 Å². The molecule has 0 aliphatic carbocycles. The van der Waals surface area contributed by atoms with Crippen molar-refractivity contribution in [2.45, 2.75) is 12.0 Å². The molecule has 5 heteroatoms. The molecule has 22 heavy (non-hydrogen) atoms. The number of carbonyl (C=O) groups excluding carboxylic acids is 1. The zero-order valence-electron chi connectivity index (χ0n) is 12.6. The summed E-state index contributed by atoms with van der Waals surface area (Å²) >= 11 is 1.81. The summed E-state index contributed by atoms with van der Waals surface area (Å²) in [5.41, 5.74) is 2.25. The fraction of sp³-hybridized carbons (Fsp3) is 0.353. The van der Waals surface area contributed by atoms with E-state index in [1.165, 1.54) is 5.69 Å². The first-order chi connectivity index (χ1) is 10.8. The van der Waals surface area contributed by atoms with Crippen molar-refractivity contribution in [3.8, 4) is 0 Å². The molecule has 0 saturated carbocycles. The van der Waals surface area contributed by atoms with Crippen LogP contribution in [0.15, 0.2) is 48.7 Å². The van der Waals surface area contributed by atoms with Gasteiger partial charge in [0, 0.05) is 25.5 Å². The van der Waals surface area contributed by atoms with Gasteiger partial charge in [0.2, 0.25) is 5.91 Å². The van der Waals surface area contributed by atoms with Gasteiger partial charge in [-0.2, -0.15) is 0 Å². The Bertz CT molecular complexity index is 627.